The van der Waals surface area contributed by atoms with Crippen LogP contribution in [0.2, 0.25) is 0 Å². The first kappa shape index (κ1) is 16.5. The molecule has 0 bridgehead atoms. The Kier molecular flexibility index (Phi) is 4.14. The van der Waals surface area contributed by atoms with Crippen molar-refractivity contribution in [1.29, 1.82) is 0 Å². The number of oxime groups is 1. The normalized spacial score (nSPS) is 22.4. The molecule has 1 aromatic heterocycles. The van der Waals surface area contributed by atoms with Crippen molar-refractivity contribution in [3.05, 3.63) is 47.5 Å². The van der Waals surface area contributed by atoms with Crippen LogP contribution in [0.4, 0.5) is 0 Å². The number of amides is 1. The van der Waals surface area contributed by atoms with E-state index in [0.717, 1.165) is 62.5 Å². The van der Waals surface area contributed by atoms with E-state index < -0.39 is 0 Å². The molecule has 0 N–H and O–H groups in total. The maximum Gasteiger partial charge on any atom is 0.271 e. The number of piperidine rings is 1. The number of aromatic nitrogens is 3. The van der Waals surface area contributed by atoms with Crippen LogP contribution in [0.15, 0.2) is 35.5 Å². The lowest BCUT2D eigenvalue weighted by Crippen LogP contribution is -2.41. The summed E-state index contributed by atoms with van der Waals surface area (Å²) in [5.41, 5.74) is 1.59. The first-order chi connectivity index (χ1) is 13.3. The Balaban J connectivity index is 1.19. The minimum atomic E-state index is -0.152. The van der Waals surface area contributed by atoms with Crippen LogP contribution < -0.4 is 0 Å². The monoisotopic (exact) mass is 365 g/mol. The number of benzene rings is 1. The molecule has 1 atom stereocenters. The highest BCUT2D eigenvalue weighted by Gasteiger charge is 2.34. The van der Waals surface area contributed by atoms with Crippen LogP contribution in [-0.4, -0.2) is 44.4 Å². The van der Waals surface area contributed by atoms with E-state index >= 15 is 0 Å². The minimum Gasteiger partial charge on any atom is -0.387 e. The highest BCUT2D eigenvalue weighted by atomic mass is 16.6. The van der Waals surface area contributed by atoms with E-state index in [-0.39, 0.29) is 12.0 Å². The van der Waals surface area contributed by atoms with Crippen molar-refractivity contribution in [2.75, 3.05) is 13.1 Å². The Labute approximate surface area is 158 Å². The van der Waals surface area contributed by atoms with Gasteiger partial charge in [0.2, 0.25) is 0 Å². The molecule has 140 valence electrons. The third-order valence-corrected chi connectivity index (χ3v) is 5.87. The van der Waals surface area contributed by atoms with Gasteiger partial charge in [-0.05, 0) is 24.8 Å². The highest BCUT2D eigenvalue weighted by Crippen LogP contribution is 2.31. The molecule has 1 fully saturated rings. The van der Waals surface area contributed by atoms with Gasteiger partial charge in [0.15, 0.2) is 6.10 Å². The number of rotatable bonds is 3. The van der Waals surface area contributed by atoms with E-state index in [1.54, 1.807) is 0 Å². The second-order valence-electron chi connectivity index (χ2n) is 7.54. The Morgan fingerprint density at radius 1 is 1.07 bits per heavy atom. The number of nitrogens with zero attached hydrogens (tertiary/aromatic N) is 5. The summed E-state index contributed by atoms with van der Waals surface area (Å²) in [6.45, 7) is 2.51. The van der Waals surface area contributed by atoms with E-state index in [9.17, 15) is 4.79 Å². The molecule has 0 aliphatic carbocycles. The number of fused-ring (bicyclic) bond motifs is 1. The molecule has 7 nitrogen and oxygen atoms in total. The zero-order valence-corrected chi connectivity index (χ0v) is 15.3. The van der Waals surface area contributed by atoms with Gasteiger partial charge in [-0.2, -0.15) is 0 Å². The fourth-order valence-corrected chi connectivity index (χ4v) is 4.35. The largest absolute Gasteiger partial charge is 0.387 e. The number of carbonyl (C=O) groups is 1. The number of carbonyl (C=O) groups excluding carboxylic acids is 1. The lowest BCUT2D eigenvalue weighted by Gasteiger charge is -2.31. The molecule has 0 spiro atoms. The Morgan fingerprint density at radius 2 is 1.89 bits per heavy atom. The Morgan fingerprint density at radius 3 is 2.70 bits per heavy atom. The summed E-state index contributed by atoms with van der Waals surface area (Å²) in [6, 6.07) is 9.95. The van der Waals surface area contributed by atoms with Crippen LogP contribution in [0.25, 0.3) is 0 Å². The van der Waals surface area contributed by atoms with Crippen molar-refractivity contribution in [1.82, 2.24) is 19.7 Å². The molecule has 27 heavy (non-hydrogen) atoms. The van der Waals surface area contributed by atoms with Gasteiger partial charge in [-0.15, -0.1) is 10.2 Å². The summed E-state index contributed by atoms with van der Waals surface area (Å²) in [5.74, 6) is 2.64. The molecular weight excluding hydrogens is 342 g/mol. The van der Waals surface area contributed by atoms with Gasteiger partial charge >= 0.3 is 0 Å². The molecule has 1 saturated heterocycles. The number of aryl methyl sites for hydroxylation is 1. The second-order valence-corrected chi connectivity index (χ2v) is 7.54. The van der Waals surface area contributed by atoms with Crippen LogP contribution in [0.5, 0.6) is 0 Å². The third-order valence-electron chi connectivity index (χ3n) is 5.87. The summed E-state index contributed by atoms with van der Waals surface area (Å²) in [6.07, 6.45) is 4.45. The maximum atomic E-state index is 12.8. The predicted molar refractivity (Wildman–Crippen MR) is 99.2 cm³/mol. The van der Waals surface area contributed by atoms with Crippen molar-refractivity contribution in [3.8, 4) is 0 Å². The molecule has 3 aliphatic rings. The molecule has 7 heteroatoms. The Hall–Kier alpha value is -2.70. The summed E-state index contributed by atoms with van der Waals surface area (Å²) in [4.78, 5) is 20.3. The summed E-state index contributed by atoms with van der Waals surface area (Å²) in [5, 5.41) is 12.8. The van der Waals surface area contributed by atoms with Gasteiger partial charge in [-0.1, -0.05) is 35.5 Å². The third kappa shape index (κ3) is 3.01. The molecule has 5 rings (SSSR count). The summed E-state index contributed by atoms with van der Waals surface area (Å²) < 4.78 is 2.28. The van der Waals surface area contributed by atoms with Crippen molar-refractivity contribution < 1.29 is 9.63 Å². The zero-order valence-electron chi connectivity index (χ0n) is 15.3. The number of hydrogen-bond acceptors (Lipinski definition) is 5. The molecule has 0 unspecified atom stereocenters. The quantitative estimate of drug-likeness (QED) is 0.837. The summed E-state index contributed by atoms with van der Waals surface area (Å²) in [7, 11) is 0. The predicted octanol–water partition coefficient (Wildman–Crippen LogP) is 2.45. The molecule has 0 radical (unpaired) electrons. The van der Waals surface area contributed by atoms with Crippen LogP contribution in [0.3, 0.4) is 0 Å². The van der Waals surface area contributed by atoms with Gasteiger partial charge in [0, 0.05) is 38.4 Å². The second kappa shape index (κ2) is 6.79. The van der Waals surface area contributed by atoms with Gasteiger partial charge in [-0.3, -0.25) is 4.79 Å². The standard InChI is InChI=1S/C20H23N5O2/c26-20(16-13-17(27-23-16)14-5-2-1-3-6-14)24-11-8-15(9-12-24)19-22-21-18-7-4-10-25(18)19/h1-3,5-6,15,17H,4,7-13H2/t17-/m0/s1. The molecule has 4 heterocycles. The summed E-state index contributed by atoms with van der Waals surface area (Å²) >= 11 is 0. The molecule has 2 aromatic rings. The van der Waals surface area contributed by atoms with E-state index in [0.29, 0.717) is 18.1 Å². The van der Waals surface area contributed by atoms with E-state index in [2.05, 4.69) is 19.9 Å². The fraction of sp³-hybridized carbons (Fsp3) is 0.500. The fourth-order valence-electron chi connectivity index (χ4n) is 4.35. The van der Waals surface area contributed by atoms with Crippen LogP contribution >= 0.6 is 0 Å². The average molecular weight is 365 g/mol. The van der Waals surface area contributed by atoms with Crippen LogP contribution in [-0.2, 0) is 22.6 Å². The van der Waals surface area contributed by atoms with Gasteiger partial charge in [-0.25, -0.2) is 0 Å². The lowest BCUT2D eigenvalue weighted by atomic mass is 9.95. The average Bonchev–Trinajstić information content (AvgIpc) is 3.45. The molecular formula is C20H23N5O2. The topological polar surface area (TPSA) is 72.6 Å². The van der Waals surface area contributed by atoms with E-state index in [4.69, 9.17) is 4.84 Å². The van der Waals surface area contributed by atoms with Gasteiger partial charge in [0.05, 0.1) is 0 Å². The minimum absolute atomic E-state index is 0.0124. The molecule has 1 aromatic carbocycles. The Bertz CT molecular complexity index is 868. The number of hydrogen-bond donors (Lipinski definition) is 0. The molecule has 0 saturated carbocycles. The van der Waals surface area contributed by atoms with Gasteiger partial charge < -0.3 is 14.3 Å². The van der Waals surface area contributed by atoms with Gasteiger partial charge in [0.1, 0.15) is 17.4 Å². The molecule has 3 aliphatic heterocycles. The molecule has 1 amide bonds. The van der Waals surface area contributed by atoms with E-state index in [1.165, 1.54) is 0 Å². The maximum absolute atomic E-state index is 12.8. The lowest BCUT2D eigenvalue weighted by molar-refractivity contribution is -0.125. The first-order valence-electron chi connectivity index (χ1n) is 9.78. The zero-order chi connectivity index (χ0) is 18.2. The van der Waals surface area contributed by atoms with Crippen molar-refractivity contribution in [3.63, 3.8) is 0 Å². The van der Waals surface area contributed by atoms with Gasteiger partial charge in [0.25, 0.3) is 5.91 Å². The SMILES string of the molecule is O=C(C1=NO[C@H](c2ccccc2)C1)N1CCC(c2nnc3n2CCC3)CC1. The van der Waals surface area contributed by atoms with Crippen molar-refractivity contribution in [2.45, 2.75) is 50.7 Å². The highest BCUT2D eigenvalue weighted by molar-refractivity contribution is 6.39. The number of likely N-dealkylation sites (tertiary alicyclic amines) is 1. The van der Waals surface area contributed by atoms with Crippen molar-refractivity contribution >= 4 is 11.6 Å². The first-order valence-corrected chi connectivity index (χ1v) is 9.78. The smallest absolute Gasteiger partial charge is 0.271 e. The van der Waals surface area contributed by atoms with Crippen LogP contribution in [0, 0.1) is 0 Å². The van der Waals surface area contributed by atoms with Crippen LogP contribution in [0.1, 0.15) is 54.9 Å². The van der Waals surface area contributed by atoms with Crippen molar-refractivity contribution in [2.24, 2.45) is 5.16 Å². The van der Waals surface area contributed by atoms with E-state index in [1.807, 2.05) is 35.2 Å².